The van der Waals surface area contributed by atoms with E-state index in [2.05, 4.69) is 20.4 Å². The zero-order valence-electron chi connectivity index (χ0n) is 16.2. The first kappa shape index (κ1) is 19.1. The molecule has 4 rings (SSSR count). The van der Waals surface area contributed by atoms with E-state index >= 15 is 0 Å². The molecule has 1 fully saturated rings. The molecular formula is C20H23FN6O2. The number of aromatic nitrogens is 4. The van der Waals surface area contributed by atoms with Crippen LogP contribution in [0.1, 0.15) is 17.9 Å². The van der Waals surface area contributed by atoms with Crippen molar-refractivity contribution in [1.82, 2.24) is 30.0 Å². The summed E-state index contributed by atoms with van der Waals surface area (Å²) in [5.74, 6) is 0.133. The molecule has 1 aliphatic rings. The molecule has 29 heavy (non-hydrogen) atoms. The molecular weight excluding hydrogens is 375 g/mol. The Labute approximate surface area is 167 Å². The molecule has 2 aromatic heterocycles. The zero-order valence-corrected chi connectivity index (χ0v) is 16.2. The number of aromatic amines is 1. The van der Waals surface area contributed by atoms with Gasteiger partial charge < -0.3 is 15.2 Å². The topological polar surface area (TPSA) is 95.9 Å². The number of amides is 2. The van der Waals surface area contributed by atoms with Crippen molar-refractivity contribution in [2.75, 3.05) is 19.6 Å². The van der Waals surface area contributed by atoms with E-state index in [0.29, 0.717) is 55.9 Å². The highest BCUT2D eigenvalue weighted by atomic mass is 19.1. The van der Waals surface area contributed by atoms with Gasteiger partial charge in [-0.15, -0.1) is 0 Å². The van der Waals surface area contributed by atoms with Crippen LogP contribution in [0.5, 0.6) is 0 Å². The van der Waals surface area contributed by atoms with Crippen molar-refractivity contribution < 1.29 is 14.0 Å². The molecule has 1 aromatic carbocycles. The highest BCUT2D eigenvalue weighted by molar-refractivity contribution is 5.84. The number of rotatable bonds is 7. The third kappa shape index (κ3) is 4.28. The van der Waals surface area contributed by atoms with Crippen LogP contribution in [0.2, 0.25) is 0 Å². The second-order valence-corrected chi connectivity index (χ2v) is 7.33. The van der Waals surface area contributed by atoms with Gasteiger partial charge in [0.2, 0.25) is 11.8 Å². The summed E-state index contributed by atoms with van der Waals surface area (Å²) in [7, 11) is 0. The van der Waals surface area contributed by atoms with E-state index in [1.807, 2.05) is 17.7 Å². The Bertz CT molecular complexity index is 1040. The first-order valence-electron chi connectivity index (χ1n) is 9.67. The molecule has 1 aliphatic heterocycles. The normalized spacial score (nSPS) is 14.2. The van der Waals surface area contributed by atoms with Crippen LogP contribution in [-0.4, -0.2) is 56.1 Å². The quantitative estimate of drug-likeness (QED) is 0.629. The van der Waals surface area contributed by atoms with Crippen LogP contribution in [0, 0.1) is 18.7 Å². The predicted molar refractivity (Wildman–Crippen MR) is 104 cm³/mol. The van der Waals surface area contributed by atoms with Crippen molar-refractivity contribution in [2.45, 2.75) is 26.3 Å². The summed E-state index contributed by atoms with van der Waals surface area (Å²) in [5.41, 5.74) is 2.35. The number of nitrogens with one attached hydrogen (secondary N) is 2. The van der Waals surface area contributed by atoms with E-state index in [1.165, 1.54) is 12.1 Å². The fraction of sp³-hybridized carbons (Fsp3) is 0.400. The fourth-order valence-electron chi connectivity index (χ4n) is 3.45. The minimum absolute atomic E-state index is 0.00662. The number of aryl methyl sites for hydroxylation is 2. The second kappa shape index (κ2) is 8.02. The minimum atomic E-state index is -0.326. The number of H-pyrrole nitrogens is 1. The highest BCUT2D eigenvalue weighted by Gasteiger charge is 2.35. The van der Waals surface area contributed by atoms with Gasteiger partial charge >= 0.3 is 0 Å². The molecule has 0 unspecified atom stereocenters. The summed E-state index contributed by atoms with van der Waals surface area (Å²) >= 11 is 0. The molecule has 0 radical (unpaired) electrons. The maximum absolute atomic E-state index is 13.2. The number of likely N-dealkylation sites (tertiary alicyclic amines) is 1. The number of hydrogen-bond acceptors (Lipinski definition) is 4. The van der Waals surface area contributed by atoms with E-state index in [-0.39, 0.29) is 23.5 Å². The number of hydrogen-bond donors (Lipinski definition) is 2. The van der Waals surface area contributed by atoms with Gasteiger partial charge in [0.1, 0.15) is 11.6 Å². The summed E-state index contributed by atoms with van der Waals surface area (Å²) in [5, 5.41) is 7.08. The van der Waals surface area contributed by atoms with E-state index < -0.39 is 0 Å². The molecule has 0 atom stereocenters. The first-order chi connectivity index (χ1) is 14.0. The minimum Gasteiger partial charge on any atom is -0.354 e. The SMILES string of the molecule is Cc1ccnn1CCNC(=O)C1CN(C(=O)CCc2nc3ccc(F)cc3[nH]2)C1. The molecule has 3 aromatic rings. The van der Waals surface area contributed by atoms with Gasteiger partial charge in [-0.05, 0) is 31.2 Å². The van der Waals surface area contributed by atoms with Crippen LogP contribution in [-0.2, 0) is 22.6 Å². The number of carbonyl (C=O) groups is 2. The monoisotopic (exact) mass is 398 g/mol. The Morgan fingerprint density at radius 1 is 1.31 bits per heavy atom. The summed E-state index contributed by atoms with van der Waals surface area (Å²) < 4.78 is 15.1. The Morgan fingerprint density at radius 3 is 2.90 bits per heavy atom. The smallest absolute Gasteiger partial charge is 0.226 e. The molecule has 2 N–H and O–H groups in total. The summed E-state index contributed by atoms with van der Waals surface area (Å²) in [6, 6.07) is 6.28. The fourth-order valence-corrected chi connectivity index (χ4v) is 3.45. The first-order valence-corrected chi connectivity index (χ1v) is 9.67. The van der Waals surface area contributed by atoms with Crippen molar-refractivity contribution >= 4 is 22.8 Å². The van der Waals surface area contributed by atoms with Gasteiger partial charge in [-0.1, -0.05) is 0 Å². The standard InChI is InChI=1S/C20H23FN6O2/c1-13-6-7-23-27(13)9-8-22-20(29)14-11-26(12-14)19(28)5-4-18-24-16-3-2-15(21)10-17(16)25-18/h2-3,6-7,10,14H,4-5,8-9,11-12H2,1H3,(H,22,29)(H,24,25). The summed E-state index contributed by atoms with van der Waals surface area (Å²) in [6.45, 7) is 3.99. The lowest BCUT2D eigenvalue weighted by molar-refractivity contribution is -0.143. The van der Waals surface area contributed by atoms with Gasteiger partial charge in [0.15, 0.2) is 0 Å². The molecule has 0 saturated carbocycles. The van der Waals surface area contributed by atoms with E-state index in [0.717, 1.165) is 5.69 Å². The van der Waals surface area contributed by atoms with E-state index in [4.69, 9.17) is 0 Å². The van der Waals surface area contributed by atoms with Crippen molar-refractivity contribution in [2.24, 2.45) is 5.92 Å². The van der Waals surface area contributed by atoms with Crippen LogP contribution in [0.25, 0.3) is 11.0 Å². The number of halogens is 1. The van der Waals surface area contributed by atoms with E-state index in [9.17, 15) is 14.0 Å². The van der Waals surface area contributed by atoms with Crippen LogP contribution in [0.4, 0.5) is 4.39 Å². The Morgan fingerprint density at radius 2 is 2.14 bits per heavy atom. The van der Waals surface area contributed by atoms with Gasteiger partial charge in [0.05, 0.1) is 23.5 Å². The molecule has 9 heteroatoms. The number of carbonyl (C=O) groups excluding carboxylic acids is 2. The van der Waals surface area contributed by atoms with Gasteiger partial charge in [-0.3, -0.25) is 14.3 Å². The van der Waals surface area contributed by atoms with Crippen LogP contribution in [0.15, 0.2) is 30.5 Å². The van der Waals surface area contributed by atoms with Gasteiger partial charge in [0, 0.05) is 44.4 Å². The molecule has 8 nitrogen and oxygen atoms in total. The Balaban J connectivity index is 1.18. The molecule has 1 saturated heterocycles. The van der Waals surface area contributed by atoms with Gasteiger partial charge in [-0.2, -0.15) is 5.10 Å². The third-order valence-corrected chi connectivity index (χ3v) is 5.23. The van der Waals surface area contributed by atoms with Crippen LogP contribution < -0.4 is 5.32 Å². The Kier molecular flexibility index (Phi) is 5.28. The van der Waals surface area contributed by atoms with Crippen LogP contribution in [0.3, 0.4) is 0 Å². The molecule has 0 aliphatic carbocycles. The highest BCUT2D eigenvalue weighted by Crippen LogP contribution is 2.18. The molecule has 0 spiro atoms. The molecule has 152 valence electrons. The van der Waals surface area contributed by atoms with Crippen molar-refractivity contribution in [3.05, 3.63) is 47.8 Å². The largest absolute Gasteiger partial charge is 0.354 e. The van der Waals surface area contributed by atoms with Crippen LogP contribution >= 0.6 is 0 Å². The molecule has 3 heterocycles. The average molecular weight is 398 g/mol. The number of fused-ring (bicyclic) bond motifs is 1. The second-order valence-electron chi connectivity index (χ2n) is 7.33. The van der Waals surface area contributed by atoms with Gasteiger partial charge in [0.25, 0.3) is 0 Å². The maximum atomic E-state index is 13.2. The summed E-state index contributed by atoms with van der Waals surface area (Å²) in [6.07, 6.45) is 2.48. The molecule has 2 amide bonds. The maximum Gasteiger partial charge on any atom is 0.226 e. The number of nitrogens with zero attached hydrogens (tertiary/aromatic N) is 4. The lowest BCUT2D eigenvalue weighted by atomic mass is 9.98. The van der Waals surface area contributed by atoms with Crippen molar-refractivity contribution in [3.8, 4) is 0 Å². The number of benzene rings is 1. The lowest BCUT2D eigenvalue weighted by Gasteiger charge is -2.38. The summed E-state index contributed by atoms with van der Waals surface area (Å²) in [4.78, 5) is 33.6. The third-order valence-electron chi connectivity index (χ3n) is 5.23. The molecule has 0 bridgehead atoms. The van der Waals surface area contributed by atoms with Crippen molar-refractivity contribution in [1.29, 1.82) is 0 Å². The Hall–Kier alpha value is -3.23. The average Bonchev–Trinajstić information content (AvgIpc) is 3.24. The predicted octanol–water partition coefficient (Wildman–Crippen LogP) is 1.41. The van der Waals surface area contributed by atoms with E-state index in [1.54, 1.807) is 17.2 Å². The lowest BCUT2D eigenvalue weighted by Crippen LogP contribution is -2.56. The van der Waals surface area contributed by atoms with Gasteiger partial charge in [-0.25, -0.2) is 9.37 Å². The van der Waals surface area contributed by atoms with Crippen molar-refractivity contribution in [3.63, 3.8) is 0 Å². The number of imidazole rings is 1. The zero-order chi connectivity index (χ0) is 20.4.